The van der Waals surface area contributed by atoms with E-state index < -0.39 is 6.36 Å². The summed E-state index contributed by atoms with van der Waals surface area (Å²) >= 11 is 0. The number of ether oxygens (including phenoxy) is 1. The molecule has 1 aliphatic rings. The van der Waals surface area contributed by atoms with Crippen molar-refractivity contribution in [3.05, 3.63) is 29.8 Å². The van der Waals surface area contributed by atoms with Crippen LogP contribution in [0.3, 0.4) is 0 Å². The third-order valence-corrected chi connectivity index (χ3v) is 4.34. The fourth-order valence-electron chi connectivity index (χ4n) is 2.93. The Labute approximate surface area is 123 Å². The summed E-state index contributed by atoms with van der Waals surface area (Å²) in [4.78, 5) is 0. The second-order valence-electron chi connectivity index (χ2n) is 5.92. The zero-order valence-corrected chi connectivity index (χ0v) is 12.4. The molecule has 3 atom stereocenters. The molecule has 1 N–H and O–H groups in total. The van der Waals surface area contributed by atoms with Crippen LogP contribution in [0.4, 0.5) is 13.2 Å². The molecule has 1 saturated carbocycles. The van der Waals surface area contributed by atoms with Gasteiger partial charge in [0.25, 0.3) is 0 Å². The van der Waals surface area contributed by atoms with Crippen LogP contribution in [0.25, 0.3) is 0 Å². The van der Waals surface area contributed by atoms with E-state index in [1.165, 1.54) is 31.4 Å². The number of alkyl halides is 3. The van der Waals surface area contributed by atoms with Crippen LogP contribution in [0.5, 0.6) is 5.75 Å². The van der Waals surface area contributed by atoms with Crippen molar-refractivity contribution in [2.45, 2.75) is 45.5 Å². The Morgan fingerprint density at radius 1 is 1.24 bits per heavy atom. The van der Waals surface area contributed by atoms with E-state index in [9.17, 15) is 13.2 Å². The quantitative estimate of drug-likeness (QED) is 0.853. The second kappa shape index (κ2) is 6.69. The van der Waals surface area contributed by atoms with Crippen molar-refractivity contribution in [1.82, 2.24) is 5.32 Å². The summed E-state index contributed by atoms with van der Waals surface area (Å²) < 4.78 is 40.2. The summed E-state index contributed by atoms with van der Waals surface area (Å²) in [5.74, 6) is 1.29. The predicted octanol–water partition coefficient (Wildman–Crippen LogP) is 4.67. The fraction of sp³-hybridized carbons (Fsp3) is 0.625. The lowest BCUT2D eigenvalue weighted by atomic mass is 9.97. The van der Waals surface area contributed by atoms with Gasteiger partial charge in [-0.05, 0) is 49.4 Å². The van der Waals surface area contributed by atoms with Crippen molar-refractivity contribution >= 4 is 0 Å². The van der Waals surface area contributed by atoms with Gasteiger partial charge in [0.15, 0.2) is 0 Å². The first-order valence-corrected chi connectivity index (χ1v) is 7.44. The molecule has 5 heteroatoms. The van der Waals surface area contributed by atoms with Gasteiger partial charge >= 0.3 is 6.36 Å². The number of rotatable bonds is 5. The van der Waals surface area contributed by atoms with E-state index in [-0.39, 0.29) is 11.8 Å². The Balaban J connectivity index is 1.86. The molecule has 0 bridgehead atoms. The number of benzene rings is 1. The van der Waals surface area contributed by atoms with Crippen LogP contribution in [-0.2, 0) is 0 Å². The lowest BCUT2D eigenvalue weighted by molar-refractivity contribution is -0.274. The first-order chi connectivity index (χ1) is 9.85. The van der Waals surface area contributed by atoms with Gasteiger partial charge in [-0.2, -0.15) is 0 Å². The zero-order chi connectivity index (χ0) is 15.5. The Bertz CT molecular complexity index is 444. The largest absolute Gasteiger partial charge is 0.573 e. The molecule has 1 aromatic carbocycles. The van der Waals surface area contributed by atoms with Gasteiger partial charge in [-0.3, -0.25) is 0 Å². The van der Waals surface area contributed by atoms with Crippen molar-refractivity contribution < 1.29 is 17.9 Å². The molecule has 0 saturated heterocycles. The van der Waals surface area contributed by atoms with Crippen LogP contribution in [0.1, 0.15) is 44.7 Å². The molecular formula is C16H22F3NO. The maximum Gasteiger partial charge on any atom is 0.573 e. The molecule has 0 heterocycles. The minimum Gasteiger partial charge on any atom is -0.406 e. The molecule has 0 aromatic heterocycles. The van der Waals surface area contributed by atoms with Crippen LogP contribution in [0.2, 0.25) is 0 Å². The normalized spacial score (nSPS) is 24.0. The molecule has 1 fully saturated rings. The monoisotopic (exact) mass is 301 g/mol. The van der Waals surface area contributed by atoms with Crippen molar-refractivity contribution in [3.8, 4) is 5.75 Å². The molecule has 3 unspecified atom stereocenters. The molecule has 21 heavy (non-hydrogen) atoms. The maximum absolute atomic E-state index is 12.1. The minimum absolute atomic E-state index is 0.123. The van der Waals surface area contributed by atoms with Gasteiger partial charge in [0.05, 0.1) is 0 Å². The fourth-order valence-corrected chi connectivity index (χ4v) is 2.93. The standard InChI is InChI=1S/C16H22F3NO/c1-11-4-3-5-14(11)10-20-12(2)13-6-8-15(9-7-13)21-16(17,18)19/h6-9,11-12,14,20H,3-5,10H2,1-2H3. The summed E-state index contributed by atoms with van der Waals surface area (Å²) in [6.07, 6.45) is -0.779. The van der Waals surface area contributed by atoms with Crippen LogP contribution in [0.15, 0.2) is 24.3 Å². The molecule has 118 valence electrons. The molecule has 2 rings (SSSR count). The second-order valence-corrected chi connectivity index (χ2v) is 5.92. The lowest BCUT2D eigenvalue weighted by Crippen LogP contribution is -2.27. The Hall–Kier alpha value is -1.23. The number of nitrogens with one attached hydrogen (secondary N) is 1. The van der Waals surface area contributed by atoms with Gasteiger partial charge < -0.3 is 10.1 Å². The molecular weight excluding hydrogens is 279 g/mol. The summed E-state index contributed by atoms with van der Waals surface area (Å²) in [5, 5.41) is 3.48. The van der Waals surface area contributed by atoms with Crippen molar-refractivity contribution in [3.63, 3.8) is 0 Å². The highest BCUT2D eigenvalue weighted by molar-refractivity contribution is 5.29. The van der Waals surface area contributed by atoms with E-state index in [1.54, 1.807) is 12.1 Å². The molecule has 2 nitrogen and oxygen atoms in total. The third kappa shape index (κ3) is 4.92. The number of hydrogen-bond acceptors (Lipinski definition) is 2. The lowest BCUT2D eigenvalue weighted by Gasteiger charge is -2.20. The van der Waals surface area contributed by atoms with Gasteiger partial charge in [0, 0.05) is 6.04 Å². The van der Waals surface area contributed by atoms with Crippen LogP contribution in [-0.4, -0.2) is 12.9 Å². The van der Waals surface area contributed by atoms with Crippen molar-refractivity contribution in [1.29, 1.82) is 0 Å². The smallest absolute Gasteiger partial charge is 0.406 e. The third-order valence-electron chi connectivity index (χ3n) is 4.34. The van der Waals surface area contributed by atoms with E-state index in [1.807, 2.05) is 6.92 Å². The van der Waals surface area contributed by atoms with E-state index in [2.05, 4.69) is 17.0 Å². The van der Waals surface area contributed by atoms with E-state index in [4.69, 9.17) is 0 Å². The Morgan fingerprint density at radius 3 is 2.43 bits per heavy atom. The summed E-state index contributed by atoms with van der Waals surface area (Å²) in [5.41, 5.74) is 0.968. The highest BCUT2D eigenvalue weighted by Gasteiger charge is 2.31. The van der Waals surface area contributed by atoms with Crippen LogP contribution >= 0.6 is 0 Å². The van der Waals surface area contributed by atoms with Gasteiger partial charge in [0.1, 0.15) is 5.75 Å². The first kappa shape index (κ1) is 16.1. The molecule has 1 aliphatic carbocycles. The number of halogens is 3. The molecule has 0 aliphatic heterocycles. The Kier molecular flexibility index (Phi) is 5.14. The van der Waals surface area contributed by atoms with Crippen molar-refractivity contribution in [2.24, 2.45) is 11.8 Å². The van der Waals surface area contributed by atoms with Gasteiger partial charge in [-0.1, -0.05) is 31.9 Å². The maximum atomic E-state index is 12.1. The SMILES string of the molecule is CC(NCC1CCCC1C)c1ccc(OC(F)(F)F)cc1. The number of hydrogen-bond donors (Lipinski definition) is 1. The zero-order valence-electron chi connectivity index (χ0n) is 12.4. The summed E-state index contributed by atoms with van der Waals surface area (Å²) in [6, 6.07) is 6.20. The Morgan fingerprint density at radius 2 is 1.90 bits per heavy atom. The molecule has 1 aromatic rings. The molecule has 0 amide bonds. The van der Waals surface area contributed by atoms with Gasteiger partial charge in [0.2, 0.25) is 0 Å². The predicted molar refractivity (Wildman–Crippen MR) is 76.0 cm³/mol. The van der Waals surface area contributed by atoms with Crippen LogP contribution in [0, 0.1) is 11.8 Å². The highest BCUT2D eigenvalue weighted by Crippen LogP contribution is 2.31. The summed E-state index contributed by atoms with van der Waals surface area (Å²) in [6.45, 7) is 5.27. The van der Waals surface area contributed by atoms with E-state index >= 15 is 0 Å². The minimum atomic E-state index is -4.63. The highest BCUT2D eigenvalue weighted by atomic mass is 19.4. The average Bonchev–Trinajstić information content (AvgIpc) is 2.80. The van der Waals surface area contributed by atoms with Crippen molar-refractivity contribution in [2.75, 3.05) is 6.54 Å². The van der Waals surface area contributed by atoms with E-state index in [0.717, 1.165) is 18.0 Å². The van der Waals surface area contributed by atoms with Crippen LogP contribution < -0.4 is 10.1 Å². The topological polar surface area (TPSA) is 21.3 Å². The van der Waals surface area contributed by atoms with Gasteiger partial charge in [-0.15, -0.1) is 13.2 Å². The first-order valence-electron chi connectivity index (χ1n) is 7.44. The van der Waals surface area contributed by atoms with Gasteiger partial charge in [-0.25, -0.2) is 0 Å². The average molecular weight is 301 g/mol. The summed E-state index contributed by atoms with van der Waals surface area (Å²) in [7, 11) is 0. The van der Waals surface area contributed by atoms with E-state index in [0.29, 0.717) is 5.92 Å². The molecule has 0 spiro atoms. The molecule has 0 radical (unpaired) electrons.